The van der Waals surface area contributed by atoms with Crippen LogP contribution < -0.4 is 10.9 Å². The van der Waals surface area contributed by atoms with Crippen molar-refractivity contribution in [1.82, 2.24) is 14.9 Å². The van der Waals surface area contributed by atoms with Crippen LogP contribution in [0.4, 0.5) is 4.39 Å². The lowest BCUT2D eigenvalue weighted by molar-refractivity contribution is 0.359. The summed E-state index contributed by atoms with van der Waals surface area (Å²) in [6, 6.07) is 4.67. The molecular weight excluding hydrogens is 233 g/mol. The minimum atomic E-state index is -0.443. The van der Waals surface area contributed by atoms with E-state index < -0.39 is 5.82 Å². The summed E-state index contributed by atoms with van der Waals surface area (Å²) in [5.41, 5.74) is 0.0130. The first-order valence-corrected chi connectivity index (χ1v) is 6.13. The molecule has 4 nitrogen and oxygen atoms in total. The molecule has 0 amide bonds. The molecule has 2 heterocycles. The summed E-state index contributed by atoms with van der Waals surface area (Å²) in [6.07, 6.45) is 3.29. The molecule has 1 aromatic carbocycles. The lowest BCUT2D eigenvalue weighted by atomic mass is 10.1. The van der Waals surface area contributed by atoms with Crippen LogP contribution in [-0.2, 0) is 0 Å². The van der Waals surface area contributed by atoms with Crippen LogP contribution in [0, 0.1) is 5.82 Å². The van der Waals surface area contributed by atoms with Gasteiger partial charge in [0.1, 0.15) is 11.3 Å². The Labute approximate surface area is 103 Å². The second-order valence-electron chi connectivity index (χ2n) is 4.57. The third kappa shape index (κ3) is 1.80. The number of hydrogen-bond donors (Lipinski definition) is 1. The zero-order chi connectivity index (χ0) is 12.5. The van der Waals surface area contributed by atoms with Crippen LogP contribution in [0.5, 0.6) is 0 Å². The van der Waals surface area contributed by atoms with Gasteiger partial charge in [0, 0.05) is 6.04 Å². The summed E-state index contributed by atoms with van der Waals surface area (Å²) < 4.78 is 15.2. The molecule has 0 bridgehead atoms. The maximum Gasteiger partial charge on any atom is 0.261 e. The topological polar surface area (TPSA) is 46.9 Å². The average molecular weight is 247 g/mol. The number of aromatic nitrogens is 2. The molecule has 1 N–H and O–H groups in total. The first-order chi connectivity index (χ1) is 8.77. The fraction of sp³-hybridized carbons (Fsp3) is 0.385. The van der Waals surface area contributed by atoms with E-state index in [0.717, 1.165) is 25.9 Å². The van der Waals surface area contributed by atoms with Crippen molar-refractivity contribution in [3.8, 4) is 0 Å². The Morgan fingerprint density at radius 2 is 2.11 bits per heavy atom. The molecule has 0 aliphatic carbocycles. The molecule has 0 saturated carbocycles. The molecule has 1 fully saturated rings. The molecule has 2 aromatic rings. The van der Waals surface area contributed by atoms with Crippen LogP contribution in [-0.4, -0.2) is 22.6 Å². The van der Waals surface area contributed by atoms with E-state index in [2.05, 4.69) is 10.3 Å². The number of para-hydroxylation sites is 1. The molecule has 1 aliphatic rings. The third-order valence-electron chi connectivity index (χ3n) is 3.47. The van der Waals surface area contributed by atoms with Gasteiger partial charge in [0.2, 0.25) is 0 Å². The second kappa shape index (κ2) is 4.49. The Bertz CT molecular complexity index is 632. The number of nitrogens with one attached hydrogen (secondary N) is 1. The van der Waals surface area contributed by atoms with Gasteiger partial charge in [-0.05, 0) is 38.1 Å². The van der Waals surface area contributed by atoms with Crippen molar-refractivity contribution in [3.05, 3.63) is 40.7 Å². The van der Waals surface area contributed by atoms with Gasteiger partial charge in [-0.3, -0.25) is 9.36 Å². The molecule has 94 valence electrons. The molecule has 0 unspecified atom stereocenters. The number of hydrogen-bond acceptors (Lipinski definition) is 3. The SMILES string of the molecule is O=c1c2cccc(F)c2ncn1C1CCNCC1. The molecule has 1 aromatic heterocycles. The highest BCUT2D eigenvalue weighted by Gasteiger charge is 2.17. The Morgan fingerprint density at radius 3 is 2.89 bits per heavy atom. The Hall–Kier alpha value is -1.75. The normalized spacial score (nSPS) is 17.2. The van der Waals surface area contributed by atoms with Crippen molar-refractivity contribution in [1.29, 1.82) is 0 Å². The van der Waals surface area contributed by atoms with Crippen LogP contribution in [0.2, 0.25) is 0 Å². The van der Waals surface area contributed by atoms with Crippen LogP contribution in [0.25, 0.3) is 10.9 Å². The predicted molar refractivity (Wildman–Crippen MR) is 67.1 cm³/mol. The summed E-state index contributed by atoms with van der Waals surface area (Å²) in [5.74, 6) is -0.443. The lowest BCUT2D eigenvalue weighted by Gasteiger charge is -2.24. The summed E-state index contributed by atoms with van der Waals surface area (Å²) in [6.45, 7) is 1.80. The van der Waals surface area contributed by atoms with E-state index >= 15 is 0 Å². The Balaban J connectivity index is 2.14. The Morgan fingerprint density at radius 1 is 1.33 bits per heavy atom. The summed E-state index contributed by atoms with van der Waals surface area (Å²) in [7, 11) is 0. The standard InChI is InChI=1S/C13H14FN3O/c14-11-3-1-2-10-12(11)16-8-17(13(10)18)9-4-6-15-7-5-9/h1-3,8-9,15H,4-7H2. The van der Waals surface area contributed by atoms with Crippen LogP contribution >= 0.6 is 0 Å². The van der Waals surface area contributed by atoms with Gasteiger partial charge in [-0.25, -0.2) is 9.37 Å². The molecular formula is C13H14FN3O. The molecule has 3 rings (SSSR count). The van der Waals surface area contributed by atoms with Crippen molar-refractivity contribution in [2.45, 2.75) is 18.9 Å². The summed E-state index contributed by atoms with van der Waals surface area (Å²) in [4.78, 5) is 16.4. The summed E-state index contributed by atoms with van der Waals surface area (Å²) in [5, 5.41) is 3.61. The average Bonchev–Trinajstić information content (AvgIpc) is 2.41. The molecule has 1 saturated heterocycles. The van der Waals surface area contributed by atoms with Crippen molar-refractivity contribution < 1.29 is 4.39 Å². The molecule has 0 radical (unpaired) electrons. The fourth-order valence-corrected chi connectivity index (χ4v) is 2.48. The van der Waals surface area contributed by atoms with Gasteiger partial charge in [0.05, 0.1) is 11.7 Å². The second-order valence-corrected chi connectivity index (χ2v) is 4.57. The van der Waals surface area contributed by atoms with E-state index in [1.807, 2.05) is 0 Å². The lowest BCUT2D eigenvalue weighted by Crippen LogP contribution is -2.34. The van der Waals surface area contributed by atoms with E-state index in [4.69, 9.17) is 0 Å². The number of piperidine rings is 1. The van der Waals surface area contributed by atoms with Crippen molar-refractivity contribution in [2.24, 2.45) is 0 Å². The quantitative estimate of drug-likeness (QED) is 0.830. The number of nitrogens with zero attached hydrogens (tertiary/aromatic N) is 2. The van der Waals surface area contributed by atoms with Gasteiger partial charge in [0.25, 0.3) is 5.56 Å². The first-order valence-electron chi connectivity index (χ1n) is 6.13. The number of halogens is 1. The van der Waals surface area contributed by atoms with Crippen LogP contribution in [0.1, 0.15) is 18.9 Å². The minimum absolute atomic E-state index is 0.147. The smallest absolute Gasteiger partial charge is 0.261 e. The van der Waals surface area contributed by atoms with Gasteiger partial charge in [0.15, 0.2) is 0 Å². The highest BCUT2D eigenvalue weighted by Crippen LogP contribution is 2.18. The first kappa shape index (κ1) is 11.3. The maximum absolute atomic E-state index is 13.5. The van der Waals surface area contributed by atoms with Crippen molar-refractivity contribution in [3.63, 3.8) is 0 Å². The number of fused-ring (bicyclic) bond motifs is 1. The van der Waals surface area contributed by atoms with E-state index in [1.54, 1.807) is 16.7 Å². The van der Waals surface area contributed by atoms with Gasteiger partial charge in [-0.1, -0.05) is 6.07 Å². The maximum atomic E-state index is 13.5. The number of benzene rings is 1. The monoisotopic (exact) mass is 247 g/mol. The van der Waals surface area contributed by atoms with E-state index in [9.17, 15) is 9.18 Å². The largest absolute Gasteiger partial charge is 0.317 e. The van der Waals surface area contributed by atoms with E-state index in [0.29, 0.717) is 5.39 Å². The number of rotatable bonds is 1. The van der Waals surface area contributed by atoms with E-state index in [-0.39, 0.29) is 17.1 Å². The zero-order valence-electron chi connectivity index (χ0n) is 9.90. The van der Waals surface area contributed by atoms with Crippen molar-refractivity contribution in [2.75, 3.05) is 13.1 Å². The molecule has 5 heteroatoms. The highest BCUT2D eigenvalue weighted by molar-refractivity contribution is 5.77. The van der Waals surface area contributed by atoms with Gasteiger partial charge >= 0.3 is 0 Å². The Kier molecular flexibility index (Phi) is 2.83. The minimum Gasteiger partial charge on any atom is -0.317 e. The molecule has 0 atom stereocenters. The predicted octanol–water partition coefficient (Wildman–Crippen LogP) is 1.46. The molecule has 18 heavy (non-hydrogen) atoms. The summed E-state index contributed by atoms with van der Waals surface area (Å²) >= 11 is 0. The zero-order valence-corrected chi connectivity index (χ0v) is 9.90. The molecule has 0 spiro atoms. The molecule has 1 aliphatic heterocycles. The van der Waals surface area contributed by atoms with Gasteiger partial charge in [-0.15, -0.1) is 0 Å². The van der Waals surface area contributed by atoms with E-state index in [1.165, 1.54) is 12.4 Å². The van der Waals surface area contributed by atoms with Gasteiger partial charge in [-0.2, -0.15) is 0 Å². The highest BCUT2D eigenvalue weighted by atomic mass is 19.1. The fourth-order valence-electron chi connectivity index (χ4n) is 2.48. The van der Waals surface area contributed by atoms with Crippen molar-refractivity contribution >= 4 is 10.9 Å². The van der Waals surface area contributed by atoms with Crippen LogP contribution in [0.3, 0.4) is 0 Å². The van der Waals surface area contributed by atoms with Gasteiger partial charge < -0.3 is 5.32 Å². The third-order valence-corrected chi connectivity index (χ3v) is 3.47. The van der Waals surface area contributed by atoms with Crippen LogP contribution in [0.15, 0.2) is 29.3 Å².